The molecule has 0 fully saturated rings. The quantitative estimate of drug-likeness (QED) is 0.393. The molecule has 2 aromatic carbocycles. The maximum Gasteiger partial charge on any atom is 0.257 e. The number of ether oxygens (including phenoxy) is 1. The smallest absolute Gasteiger partial charge is 0.257 e. The molecule has 0 unspecified atom stereocenters. The first-order valence-corrected chi connectivity index (χ1v) is 9.86. The standard InChI is InChI=1S/C18H17BrCl2N2O2S/c1-2-3-9-25-15-8-7-11(10-12(15)19)17(24)23-18(26)22-16-13(20)5-4-6-14(16)21/h4-8,10H,2-3,9H2,1H3,(H2,22,23,24,26). The molecule has 8 heteroatoms. The highest BCUT2D eigenvalue weighted by molar-refractivity contribution is 9.10. The largest absolute Gasteiger partial charge is 0.492 e. The number of anilines is 1. The molecule has 0 spiro atoms. The zero-order valence-corrected chi connectivity index (χ0v) is 17.9. The molecule has 0 saturated carbocycles. The topological polar surface area (TPSA) is 50.4 Å². The number of hydrogen-bond acceptors (Lipinski definition) is 3. The van der Waals surface area contributed by atoms with Crippen molar-refractivity contribution in [1.29, 1.82) is 0 Å². The molecule has 26 heavy (non-hydrogen) atoms. The van der Waals surface area contributed by atoms with E-state index >= 15 is 0 Å². The van der Waals surface area contributed by atoms with Gasteiger partial charge in [0.1, 0.15) is 5.75 Å². The first kappa shape index (κ1) is 21.0. The molecule has 0 aliphatic heterocycles. The lowest BCUT2D eigenvalue weighted by Gasteiger charge is -2.13. The first-order chi connectivity index (χ1) is 12.4. The van der Waals surface area contributed by atoms with E-state index in [4.69, 9.17) is 40.2 Å². The van der Waals surface area contributed by atoms with Crippen LogP contribution in [0.25, 0.3) is 0 Å². The Balaban J connectivity index is 2.00. The fourth-order valence-corrected chi connectivity index (χ4v) is 3.20. The number of carbonyl (C=O) groups is 1. The van der Waals surface area contributed by atoms with Crippen LogP contribution in [0.15, 0.2) is 40.9 Å². The van der Waals surface area contributed by atoms with Gasteiger partial charge in [0.15, 0.2) is 5.11 Å². The molecule has 0 radical (unpaired) electrons. The maximum absolute atomic E-state index is 12.4. The van der Waals surface area contributed by atoms with Gasteiger partial charge in [0.2, 0.25) is 0 Å². The van der Waals surface area contributed by atoms with Gasteiger partial charge >= 0.3 is 0 Å². The Morgan fingerprint density at radius 2 is 1.92 bits per heavy atom. The van der Waals surface area contributed by atoms with E-state index in [0.29, 0.717) is 38.1 Å². The Bertz CT molecular complexity index is 798. The number of amides is 1. The summed E-state index contributed by atoms with van der Waals surface area (Å²) in [6.07, 6.45) is 2.03. The van der Waals surface area contributed by atoms with E-state index in [-0.39, 0.29) is 11.0 Å². The Morgan fingerprint density at radius 3 is 2.54 bits per heavy atom. The minimum absolute atomic E-state index is 0.101. The van der Waals surface area contributed by atoms with Crippen molar-refractivity contribution in [1.82, 2.24) is 5.32 Å². The zero-order valence-electron chi connectivity index (χ0n) is 13.9. The highest BCUT2D eigenvalue weighted by Gasteiger charge is 2.13. The minimum atomic E-state index is -0.355. The van der Waals surface area contributed by atoms with Gasteiger partial charge in [-0.25, -0.2) is 0 Å². The Hall–Kier alpha value is -1.34. The third-order valence-corrected chi connectivity index (χ3v) is 4.83. The van der Waals surface area contributed by atoms with Crippen LogP contribution in [0.5, 0.6) is 5.75 Å². The molecule has 138 valence electrons. The van der Waals surface area contributed by atoms with Gasteiger partial charge in [-0.1, -0.05) is 42.6 Å². The second-order valence-electron chi connectivity index (χ2n) is 5.35. The molecule has 0 heterocycles. The van der Waals surface area contributed by atoms with Crippen molar-refractivity contribution in [3.05, 3.63) is 56.5 Å². The summed E-state index contributed by atoms with van der Waals surface area (Å²) in [6, 6.07) is 10.2. The molecule has 0 aliphatic carbocycles. The molecule has 0 saturated heterocycles. The summed E-state index contributed by atoms with van der Waals surface area (Å²) in [5.41, 5.74) is 0.885. The number of hydrogen-bond donors (Lipinski definition) is 2. The van der Waals surface area contributed by atoms with Crippen LogP contribution in [0, 0.1) is 0 Å². The van der Waals surface area contributed by atoms with Gasteiger partial charge in [0, 0.05) is 5.56 Å². The molecular formula is C18H17BrCl2N2O2S. The van der Waals surface area contributed by atoms with Crippen LogP contribution in [0.3, 0.4) is 0 Å². The predicted molar refractivity (Wildman–Crippen MR) is 115 cm³/mol. The normalized spacial score (nSPS) is 10.3. The molecule has 1 amide bonds. The predicted octanol–water partition coefficient (Wildman–Crippen LogP) is 6.06. The number of nitrogens with one attached hydrogen (secondary N) is 2. The van der Waals surface area contributed by atoms with Crippen molar-refractivity contribution in [3.63, 3.8) is 0 Å². The van der Waals surface area contributed by atoms with Gasteiger partial charge in [-0.2, -0.15) is 0 Å². The van der Waals surface area contributed by atoms with Gasteiger partial charge < -0.3 is 10.1 Å². The van der Waals surface area contributed by atoms with Gasteiger partial charge in [0.25, 0.3) is 5.91 Å². The molecular weight excluding hydrogens is 459 g/mol. The Morgan fingerprint density at radius 1 is 1.23 bits per heavy atom. The van der Waals surface area contributed by atoms with Crippen molar-refractivity contribution >= 4 is 68.1 Å². The van der Waals surface area contributed by atoms with E-state index in [1.54, 1.807) is 36.4 Å². The van der Waals surface area contributed by atoms with Crippen LogP contribution >= 0.6 is 51.3 Å². The van der Waals surface area contributed by atoms with Crippen LogP contribution in [0.4, 0.5) is 5.69 Å². The minimum Gasteiger partial charge on any atom is -0.492 e. The molecule has 0 bridgehead atoms. The summed E-state index contributed by atoms with van der Waals surface area (Å²) in [4.78, 5) is 12.4. The first-order valence-electron chi connectivity index (χ1n) is 7.91. The Kier molecular flexibility index (Phi) is 8.15. The van der Waals surface area contributed by atoms with E-state index < -0.39 is 0 Å². The summed E-state index contributed by atoms with van der Waals surface area (Å²) >= 11 is 20.7. The van der Waals surface area contributed by atoms with Crippen LogP contribution in [-0.2, 0) is 0 Å². The second-order valence-corrected chi connectivity index (χ2v) is 7.43. The van der Waals surface area contributed by atoms with Crippen molar-refractivity contribution in [2.75, 3.05) is 11.9 Å². The number of para-hydroxylation sites is 1. The number of thiocarbonyl (C=S) groups is 1. The fourth-order valence-electron chi connectivity index (χ4n) is 2.02. The second kappa shape index (κ2) is 10.1. The van der Waals surface area contributed by atoms with E-state index in [1.165, 1.54) is 0 Å². The third-order valence-electron chi connectivity index (χ3n) is 3.38. The fraction of sp³-hybridized carbons (Fsp3) is 0.222. The lowest BCUT2D eigenvalue weighted by molar-refractivity contribution is 0.0977. The summed E-state index contributed by atoms with van der Waals surface area (Å²) < 4.78 is 6.36. The van der Waals surface area contributed by atoms with E-state index in [1.807, 2.05) is 0 Å². The van der Waals surface area contributed by atoms with Gasteiger partial charge in [0.05, 0.1) is 26.8 Å². The summed E-state index contributed by atoms with van der Waals surface area (Å²) in [6.45, 7) is 2.73. The van der Waals surface area contributed by atoms with E-state index in [2.05, 4.69) is 33.5 Å². The van der Waals surface area contributed by atoms with Crippen LogP contribution in [0.1, 0.15) is 30.1 Å². The average Bonchev–Trinajstić information content (AvgIpc) is 2.59. The summed E-state index contributed by atoms with van der Waals surface area (Å²) in [7, 11) is 0. The average molecular weight is 476 g/mol. The molecule has 0 aromatic heterocycles. The van der Waals surface area contributed by atoms with Crippen LogP contribution < -0.4 is 15.4 Å². The van der Waals surface area contributed by atoms with E-state index in [9.17, 15) is 4.79 Å². The number of carbonyl (C=O) groups excluding carboxylic acids is 1. The highest BCUT2D eigenvalue weighted by atomic mass is 79.9. The molecule has 0 atom stereocenters. The molecule has 2 N–H and O–H groups in total. The maximum atomic E-state index is 12.4. The van der Waals surface area contributed by atoms with Crippen molar-refractivity contribution < 1.29 is 9.53 Å². The monoisotopic (exact) mass is 474 g/mol. The number of rotatable bonds is 6. The number of benzene rings is 2. The van der Waals surface area contributed by atoms with Crippen LogP contribution in [0.2, 0.25) is 10.0 Å². The summed E-state index contributed by atoms with van der Waals surface area (Å²) in [5.74, 6) is 0.338. The molecule has 2 rings (SSSR count). The van der Waals surface area contributed by atoms with Crippen molar-refractivity contribution in [3.8, 4) is 5.75 Å². The zero-order chi connectivity index (χ0) is 19.1. The highest BCUT2D eigenvalue weighted by Crippen LogP contribution is 2.30. The SMILES string of the molecule is CCCCOc1ccc(C(=O)NC(=S)Nc2c(Cl)cccc2Cl)cc1Br. The number of unbranched alkanes of at least 4 members (excludes halogenated alkanes) is 1. The van der Waals surface area contributed by atoms with Gasteiger partial charge in [-0.3, -0.25) is 10.1 Å². The van der Waals surface area contributed by atoms with Gasteiger partial charge in [-0.15, -0.1) is 0 Å². The number of halogens is 3. The van der Waals surface area contributed by atoms with Crippen molar-refractivity contribution in [2.45, 2.75) is 19.8 Å². The lowest BCUT2D eigenvalue weighted by atomic mass is 10.2. The summed E-state index contributed by atoms with van der Waals surface area (Å²) in [5, 5.41) is 6.36. The Labute approximate surface area is 176 Å². The lowest BCUT2D eigenvalue weighted by Crippen LogP contribution is -2.34. The van der Waals surface area contributed by atoms with Crippen LogP contribution in [-0.4, -0.2) is 17.6 Å². The van der Waals surface area contributed by atoms with E-state index in [0.717, 1.165) is 12.8 Å². The molecule has 0 aliphatic rings. The molecule has 4 nitrogen and oxygen atoms in total. The third kappa shape index (κ3) is 5.84. The van der Waals surface area contributed by atoms with Gasteiger partial charge in [-0.05, 0) is 64.9 Å². The molecule has 2 aromatic rings. The van der Waals surface area contributed by atoms with Crippen molar-refractivity contribution in [2.24, 2.45) is 0 Å².